The Morgan fingerprint density at radius 3 is 2.41 bits per heavy atom. The summed E-state index contributed by atoms with van der Waals surface area (Å²) in [6.07, 6.45) is 1.41. The first-order valence-electron chi connectivity index (χ1n) is 5.26. The Hall–Kier alpha value is -1.62. The molecule has 2 aromatic rings. The summed E-state index contributed by atoms with van der Waals surface area (Å²) in [6.45, 7) is 1.78. The number of aromatic nitrogens is 2. The lowest BCUT2D eigenvalue weighted by Crippen LogP contribution is -2.10. The molecule has 0 aliphatic carbocycles. The van der Waals surface area contributed by atoms with Crippen LogP contribution < -0.4 is 0 Å². The molecule has 5 heteroatoms. The summed E-state index contributed by atoms with van der Waals surface area (Å²) in [7, 11) is -1.61. The van der Waals surface area contributed by atoms with Gasteiger partial charge < -0.3 is 4.57 Å². The van der Waals surface area contributed by atoms with Crippen molar-refractivity contribution in [1.29, 1.82) is 0 Å². The van der Waals surface area contributed by atoms with Gasteiger partial charge in [0.25, 0.3) is 0 Å². The summed E-state index contributed by atoms with van der Waals surface area (Å²) in [4.78, 5) is 4.01. The number of rotatable bonds is 3. The van der Waals surface area contributed by atoms with Crippen molar-refractivity contribution in [2.45, 2.75) is 17.7 Å². The van der Waals surface area contributed by atoms with Gasteiger partial charge in [0.2, 0.25) is 0 Å². The van der Waals surface area contributed by atoms with Crippen molar-refractivity contribution in [1.82, 2.24) is 9.55 Å². The van der Waals surface area contributed by atoms with E-state index in [1.807, 2.05) is 18.2 Å². The van der Waals surface area contributed by atoms with Gasteiger partial charge in [0.05, 0.1) is 11.9 Å². The molecule has 90 valence electrons. The number of benzene rings is 1. The maximum Gasteiger partial charge on any atom is 0.199 e. The van der Waals surface area contributed by atoms with Gasteiger partial charge in [-0.1, -0.05) is 30.3 Å². The Morgan fingerprint density at radius 1 is 1.24 bits per heavy atom. The third kappa shape index (κ3) is 2.39. The largest absolute Gasteiger partial charge is 0.323 e. The van der Waals surface area contributed by atoms with Crippen LogP contribution in [0.25, 0.3) is 0 Å². The number of sulfone groups is 1. The van der Waals surface area contributed by atoms with Gasteiger partial charge in [0.15, 0.2) is 14.9 Å². The molecule has 4 nitrogen and oxygen atoms in total. The lowest BCUT2D eigenvalue weighted by atomic mass is 10.2. The molecule has 0 aliphatic rings. The lowest BCUT2D eigenvalue weighted by Gasteiger charge is -2.05. The van der Waals surface area contributed by atoms with Gasteiger partial charge in [-0.15, -0.1) is 0 Å². The maximum atomic E-state index is 12.2. The molecule has 0 aliphatic heterocycles. The van der Waals surface area contributed by atoms with E-state index in [1.54, 1.807) is 30.7 Å². The minimum Gasteiger partial charge on any atom is -0.323 e. The van der Waals surface area contributed by atoms with Crippen LogP contribution in [0.5, 0.6) is 0 Å². The normalized spacial score (nSPS) is 11.6. The zero-order chi connectivity index (χ0) is 12.5. The van der Waals surface area contributed by atoms with E-state index >= 15 is 0 Å². The molecule has 1 aromatic heterocycles. The average Bonchev–Trinajstić information content (AvgIpc) is 2.61. The predicted molar refractivity (Wildman–Crippen MR) is 65.3 cm³/mol. The molecule has 0 bridgehead atoms. The Balaban J connectivity index is 2.35. The second kappa shape index (κ2) is 4.33. The molecule has 0 radical (unpaired) electrons. The maximum absolute atomic E-state index is 12.2. The number of hydrogen-bond donors (Lipinski definition) is 0. The molecule has 0 fully saturated rings. The molecule has 1 heterocycles. The van der Waals surface area contributed by atoms with Crippen LogP contribution in [0.1, 0.15) is 11.4 Å². The molecule has 17 heavy (non-hydrogen) atoms. The van der Waals surface area contributed by atoms with E-state index in [1.165, 1.54) is 6.20 Å². The van der Waals surface area contributed by atoms with Crippen molar-refractivity contribution in [3.8, 4) is 0 Å². The minimum absolute atomic E-state index is 0.00676. The molecule has 0 saturated heterocycles. The molecule has 1 aromatic carbocycles. The predicted octanol–water partition coefficient (Wildman–Crippen LogP) is 1.70. The Morgan fingerprint density at radius 2 is 1.88 bits per heavy atom. The molecule has 0 unspecified atom stereocenters. The minimum atomic E-state index is -3.32. The Labute approximate surface area is 101 Å². The molecule has 2 rings (SSSR count). The molecular formula is C12H14N2O2S. The fourth-order valence-electron chi connectivity index (χ4n) is 1.64. The fourth-order valence-corrected chi connectivity index (χ4v) is 3.18. The highest BCUT2D eigenvalue weighted by atomic mass is 32.2. The molecule has 0 spiro atoms. The first kappa shape index (κ1) is 11.9. The van der Waals surface area contributed by atoms with Crippen molar-refractivity contribution >= 4 is 9.84 Å². The first-order valence-corrected chi connectivity index (χ1v) is 6.91. The summed E-state index contributed by atoms with van der Waals surface area (Å²) in [6, 6.07) is 9.14. The molecule has 0 atom stereocenters. The Bertz CT molecular complexity index is 615. The molecule has 0 N–H and O–H groups in total. The first-order chi connectivity index (χ1) is 8.00. The summed E-state index contributed by atoms with van der Waals surface area (Å²) in [5, 5.41) is 0.263. The quantitative estimate of drug-likeness (QED) is 0.833. The fraction of sp³-hybridized carbons (Fsp3) is 0.250. The molecular weight excluding hydrogens is 236 g/mol. The van der Waals surface area contributed by atoms with Crippen LogP contribution in [0, 0.1) is 6.92 Å². The van der Waals surface area contributed by atoms with E-state index in [0.29, 0.717) is 5.82 Å². The zero-order valence-corrected chi connectivity index (χ0v) is 10.6. The Kier molecular flexibility index (Phi) is 3.02. The van der Waals surface area contributed by atoms with Crippen LogP contribution in [0.4, 0.5) is 0 Å². The van der Waals surface area contributed by atoms with E-state index in [9.17, 15) is 8.42 Å². The van der Waals surface area contributed by atoms with Crippen LogP contribution in [0.2, 0.25) is 0 Å². The topological polar surface area (TPSA) is 52.0 Å². The van der Waals surface area contributed by atoms with Crippen LogP contribution >= 0.6 is 0 Å². The van der Waals surface area contributed by atoms with Gasteiger partial charge in [-0.3, -0.25) is 0 Å². The zero-order valence-electron chi connectivity index (χ0n) is 9.79. The van der Waals surface area contributed by atoms with E-state index < -0.39 is 9.84 Å². The van der Waals surface area contributed by atoms with Gasteiger partial charge in [-0.2, -0.15) is 0 Å². The molecule has 0 amide bonds. The van der Waals surface area contributed by atoms with E-state index in [-0.39, 0.29) is 10.8 Å². The highest BCUT2D eigenvalue weighted by Gasteiger charge is 2.19. The van der Waals surface area contributed by atoms with Gasteiger partial charge in [-0.25, -0.2) is 13.4 Å². The van der Waals surface area contributed by atoms with Crippen LogP contribution in [-0.4, -0.2) is 18.0 Å². The van der Waals surface area contributed by atoms with Crippen LogP contribution in [0.15, 0.2) is 41.6 Å². The number of nitrogens with zero attached hydrogens (tertiary/aromatic N) is 2. The standard InChI is InChI=1S/C12H14N2O2S/c1-10-13-8-12(14(10)2)17(15,16)9-11-6-4-3-5-7-11/h3-8H,9H2,1-2H3. The summed E-state index contributed by atoms with van der Waals surface area (Å²) < 4.78 is 25.9. The summed E-state index contributed by atoms with van der Waals surface area (Å²) in [5.74, 6) is 0.698. The van der Waals surface area contributed by atoms with Crippen molar-refractivity contribution in [3.63, 3.8) is 0 Å². The lowest BCUT2D eigenvalue weighted by molar-refractivity contribution is 0.584. The summed E-state index contributed by atoms with van der Waals surface area (Å²) >= 11 is 0. The third-order valence-electron chi connectivity index (χ3n) is 2.70. The van der Waals surface area contributed by atoms with E-state index in [4.69, 9.17) is 0 Å². The average molecular weight is 250 g/mol. The number of hydrogen-bond acceptors (Lipinski definition) is 3. The van der Waals surface area contributed by atoms with Gasteiger partial charge in [0, 0.05) is 7.05 Å². The van der Waals surface area contributed by atoms with Gasteiger partial charge in [-0.05, 0) is 12.5 Å². The highest BCUT2D eigenvalue weighted by Crippen LogP contribution is 2.16. The van der Waals surface area contributed by atoms with Crippen molar-refractivity contribution in [2.24, 2.45) is 7.05 Å². The van der Waals surface area contributed by atoms with E-state index in [2.05, 4.69) is 4.98 Å². The summed E-state index contributed by atoms with van der Waals surface area (Å²) in [5.41, 5.74) is 0.784. The second-order valence-electron chi connectivity index (χ2n) is 3.95. The second-order valence-corrected chi connectivity index (χ2v) is 5.88. The highest BCUT2D eigenvalue weighted by molar-refractivity contribution is 7.90. The van der Waals surface area contributed by atoms with Crippen molar-refractivity contribution < 1.29 is 8.42 Å². The smallest absolute Gasteiger partial charge is 0.199 e. The third-order valence-corrected chi connectivity index (χ3v) is 4.43. The van der Waals surface area contributed by atoms with Crippen molar-refractivity contribution in [3.05, 3.63) is 47.9 Å². The van der Waals surface area contributed by atoms with Gasteiger partial charge >= 0.3 is 0 Å². The van der Waals surface area contributed by atoms with Gasteiger partial charge in [0.1, 0.15) is 5.82 Å². The number of imidazole rings is 1. The molecule has 0 saturated carbocycles. The van der Waals surface area contributed by atoms with Crippen LogP contribution in [-0.2, 0) is 22.6 Å². The van der Waals surface area contributed by atoms with Crippen molar-refractivity contribution in [2.75, 3.05) is 0 Å². The SMILES string of the molecule is Cc1ncc(S(=O)(=O)Cc2ccccc2)n1C. The van der Waals surface area contributed by atoms with Crippen LogP contribution in [0.3, 0.4) is 0 Å². The monoisotopic (exact) mass is 250 g/mol. The number of aryl methyl sites for hydroxylation is 1. The van der Waals surface area contributed by atoms with E-state index in [0.717, 1.165) is 5.56 Å².